The van der Waals surface area contributed by atoms with Crippen LogP contribution in [0.25, 0.3) is 0 Å². The van der Waals surface area contributed by atoms with E-state index in [9.17, 15) is 8.42 Å². The fraction of sp³-hybridized carbons (Fsp3) is 0.636. The summed E-state index contributed by atoms with van der Waals surface area (Å²) in [6.07, 6.45) is 3.19. The first-order valence-electron chi connectivity index (χ1n) is 6.07. The number of rotatable bonds is 2. The van der Waals surface area contributed by atoms with Crippen LogP contribution >= 0.6 is 39.7 Å². The Morgan fingerprint density at radius 1 is 1.26 bits per heavy atom. The average molecular weight is 388 g/mol. The van der Waals surface area contributed by atoms with E-state index in [2.05, 4.69) is 21.2 Å². The highest BCUT2D eigenvalue weighted by Gasteiger charge is 2.35. The predicted molar refractivity (Wildman–Crippen MR) is 82.6 cm³/mol. The minimum atomic E-state index is -3.31. The summed E-state index contributed by atoms with van der Waals surface area (Å²) in [6, 6.07) is 4.31. The van der Waals surface area contributed by atoms with Gasteiger partial charge in [-0.3, -0.25) is 0 Å². The van der Waals surface area contributed by atoms with E-state index < -0.39 is 10.0 Å². The summed E-state index contributed by atoms with van der Waals surface area (Å²) in [5, 5.41) is 3.50. The highest BCUT2D eigenvalue weighted by molar-refractivity contribution is 9.11. The molecule has 2 bridgehead atoms. The number of thiophene rings is 1. The molecule has 19 heavy (non-hydrogen) atoms. The molecule has 1 aromatic rings. The van der Waals surface area contributed by atoms with Gasteiger partial charge >= 0.3 is 0 Å². The summed E-state index contributed by atoms with van der Waals surface area (Å²) in [5.41, 5.74) is 0. The van der Waals surface area contributed by atoms with Crippen molar-refractivity contribution in [2.75, 3.05) is 13.1 Å². The molecule has 0 amide bonds. The van der Waals surface area contributed by atoms with Gasteiger partial charge in [-0.1, -0.05) is 0 Å². The van der Waals surface area contributed by atoms with Crippen LogP contribution in [0, 0.1) is 0 Å². The lowest BCUT2D eigenvalue weighted by Crippen LogP contribution is -2.38. The molecule has 4 nitrogen and oxygen atoms in total. The van der Waals surface area contributed by atoms with Gasteiger partial charge in [0.25, 0.3) is 10.0 Å². The number of halogens is 2. The first-order chi connectivity index (χ1) is 8.55. The van der Waals surface area contributed by atoms with Crippen LogP contribution < -0.4 is 5.32 Å². The molecule has 2 atom stereocenters. The van der Waals surface area contributed by atoms with E-state index >= 15 is 0 Å². The van der Waals surface area contributed by atoms with Gasteiger partial charge in [0.1, 0.15) is 4.21 Å². The molecule has 108 valence electrons. The van der Waals surface area contributed by atoms with Gasteiger partial charge in [0.2, 0.25) is 0 Å². The minimum absolute atomic E-state index is 0. The van der Waals surface area contributed by atoms with Crippen LogP contribution in [0.5, 0.6) is 0 Å². The van der Waals surface area contributed by atoms with Crippen LogP contribution in [0.3, 0.4) is 0 Å². The van der Waals surface area contributed by atoms with Gasteiger partial charge in [-0.15, -0.1) is 23.7 Å². The molecule has 1 N–H and O–H groups in total. The van der Waals surface area contributed by atoms with Crippen LogP contribution in [-0.4, -0.2) is 37.9 Å². The molecule has 2 aliphatic heterocycles. The standard InChI is InChI=1S/C11H15BrN2O2S2.ClH/c12-10-3-4-11(17-10)18(15,16)14-6-5-8-1-2-9(7-14)13-8;/h3-4,8-9,13H,1-2,5-7H2;1H. The normalized spacial score (nSPS) is 27.8. The van der Waals surface area contributed by atoms with Gasteiger partial charge in [-0.05, 0) is 47.3 Å². The van der Waals surface area contributed by atoms with E-state index in [4.69, 9.17) is 0 Å². The van der Waals surface area contributed by atoms with Crippen molar-refractivity contribution >= 4 is 49.7 Å². The molecule has 2 saturated heterocycles. The maximum atomic E-state index is 12.5. The van der Waals surface area contributed by atoms with Crippen molar-refractivity contribution < 1.29 is 8.42 Å². The third kappa shape index (κ3) is 3.16. The molecule has 8 heteroatoms. The SMILES string of the molecule is Cl.O=S(=O)(c1ccc(Br)s1)N1CCC2CCC(C1)N2. The minimum Gasteiger partial charge on any atom is -0.310 e. The lowest BCUT2D eigenvalue weighted by molar-refractivity contribution is 0.384. The summed E-state index contributed by atoms with van der Waals surface area (Å²) < 4.78 is 28.0. The second-order valence-corrected chi connectivity index (χ2v) is 9.48. The third-order valence-electron chi connectivity index (χ3n) is 3.63. The van der Waals surface area contributed by atoms with Crippen LogP contribution in [0.4, 0.5) is 0 Å². The van der Waals surface area contributed by atoms with E-state index in [1.807, 2.05) is 0 Å². The van der Waals surface area contributed by atoms with Crippen molar-refractivity contribution in [3.05, 3.63) is 15.9 Å². The number of hydrogen-bond donors (Lipinski definition) is 1. The summed E-state index contributed by atoms with van der Waals surface area (Å²) in [4.78, 5) is 0. The van der Waals surface area contributed by atoms with E-state index in [1.165, 1.54) is 17.8 Å². The number of sulfonamides is 1. The highest BCUT2D eigenvalue weighted by atomic mass is 79.9. The zero-order chi connectivity index (χ0) is 12.8. The van der Waals surface area contributed by atoms with E-state index in [0.717, 1.165) is 16.6 Å². The molecule has 2 fully saturated rings. The maximum absolute atomic E-state index is 12.5. The van der Waals surface area contributed by atoms with E-state index in [0.29, 0.717) is 29.4 Å². The predicted octanol–water partition coefficient (Wildman–Crippen LogP) is 2.45. The van der Waals surface area contributed by atoms with Gasteiger partial charge in [-0.2, -0.15) is 4.31 Å². The highest BCUT2D eigenvalue weighted by Crippen LogP contribution is 2.30. The van der Waals surface area contributed by atoms with Crippen LogP contribution in [0.15, 0.2) is 20.1 Å². The van der Waals surface area contributed by atoms with Crippen molar-refractivity contribution in [3.8, 4) is 0 Å². The fourth-order valence-corrected chi connectivity index (χ4v) is 6.36. The number of nitrogens with one attached hydrogen (secondary N) is 1. The second-order valence-electron chi connectivity index (χ2n) is 4.85. The molecule has 0 aromatic carbocycles. The smallest absolute Gasteiger partial charge is 0.252 e. The Bertz CT molecular complexity index is 549. The van der Waals surface area contributed by atoms with Crippen molar-refractivity contribution in [1.29, 1.82) is 0 Å². The quantitative estimate of drug-likeness (QED) is 0.848. The van der Waals surface area contributed by atoms with Gasteiger partial charge in [0.05, 0.1) is 3.79 Å². The maximum Gasteiger partial charge on any atom is 0.252 e. The Labute approximate surface area is 132 Å². The molecule has 0 spiro atoms. The van der Waals surface area contributed by atoms with E-state index in [-0.39, 0.29) is 12.4 Å². The second kappa shape index (κ2) is 5.99. The molecule has 2 unspecified atom stereocenters. The summed E-state index contributed by atoms with van der Waals surface area (Å²) >= 11 is 4.60. The zero-order valence-electron chi connectivity index (χ0n) is 10.2. The summed E-state index contributed by atoms with van der Waals surface area (Å²) in [7, 11) is -3.31. The topological polar surface area (TPSA) is 49.4 Å². The van der Waals surface area contributed by atoms with Crippen molar-refractivity contribution in [2.24, 2.45) is 0 Å². The van der Waals surface area contributed by atoms with E-state index in [1.54, 1.807) is 16.4 Å². The number of nitrogens with zero attached hydrogens (tertiary/aromatic N) is 1. The van der Waals surface area contributed by atoms with Crippen molar-refractivity contribution in [3.63, 3.8) is 0 Å². The summed E-state index contributed by atoms with van der Waals surface area (Å²) in [5.74, 6) is 0. The largest absolute Gasteiger partial charge is 0.310 e. The van der Waals surface area contributed by atoms with Gasteiger partial charge in [-0.25, -0.2) is 8.42 Å². The van der Waals surface area contributed by atoms with Crippen LogP contribution in [0.1, 0.15) is 19.3 Å². The average Bonchev–Trinajstić information content (AvgIpc) is 2.85. The summed E-state index contributed by atoms with van der Waals surface area (Å²) in [6.45, 7) is 1.24. The van der Waals surface area contributed by atoms with Gasteiger partial charge < -0.3 is 5.32 Å². The Balaban J connectivity index is 0.00000133. The monoisotopic (exact) mass is 386 g/mol. The van der Waals surface area contributed by atoms with Gasteiger partial charge in [0, 0.05) is 25.2 Å². The van der Waals surface area contributed by atoms with Crippen LogP contribution in [0.2, 0.25) is 0 Å². The molecule has 0 radical (unpaired) electrons. The molecule has 3 heterocycles. The zero-order valence-corrected chi connectivity index (χ0v) is 14.2. The molecule has 0 saturated carbocycles. The number of hydrogen-bond acceptors (Lipinski definition) is 4. The lowest BCUT2D eigenvalue weighted by Gasteiger charge is -2.22. The van der Waals surface area contributed by atoms with Gasteiger partial charge in [0.15, 0.2) is 0 Å². The molecule has 3 rings (SSSR count). The van der Waals surface area contributed by atoms with Crippen molar-refractivity contribution in [2.45, 2.75) is 35.6 Å². The number of fused-ring (bicyclic) bond motifs is 2. The Kier molecular flexibility index (Phi) is 4.96. The lowest BCUT2D eigenvalue weighted by atomic mass is 10.1. The Morgan fingerprint density at radius 3 is 2.68 bits per heavy atom. The van der Waals surface area contributed by atoms with Crippen molar-refractivity contribution in [1.82, 2.24) is 9.62 Å². The molecule has 0 aliphatic carbocycles. The third-order valence-corrected chi connectivity index (χ3v) is 7.58. The van der Waals surface area contributed by atoms with Crippen LogP contribution in [-0.2, 0) is 10.0 Å². The molecule has 2 aliphatic rings. The Hall–Kier alpha value is 0.340. The molecule has 1 aromatic heterocycles. The molecular weight excluding hydrogens is 372 g/mol. The fourth-order valence-electron chi connectivity index (χ4n) is 2.69. The molecular formula is C11H16BrClN2O2S2. The first-order valence-corrected chi connectivity index (χ1v) is 9.12. The first kappa shape index (κ1) is 15.7. The Morgan fingerprint density at radius 2 is 2.00 bits per heavy atom.